The van der Waals surface area contributed by atoms with Gasteiger partial charge in [0.15, 0.2) is 0 Å². The zero-order valence-electron chi connectivity index (χ0n) is 11.1. The molecule has 0 saturated heterocycles. The fourth-order valence-electron chi connectivity index (χ4n) is 3.01. The summed E-state index contributed by atoms with van der Waals surface area (Å²) in [5.41, 5.74) is 4.55. The molecule has 0 bridgehead atoms. The summed E-state index contributed by atoms with van der Waals surface area (Å²) in [6.07, 6.45) is 4.94. The third-order valence-electron chi connectivity index (χ3n) is 3.87. The zero-order valence-corrected chi connectivity index (χ0v) is 12.0. The smallest absolute Gasteiger partial charge is 0.0105 e. The highest BCUT2D eigenvalue weighted by Crippen LogP contribution is 2.49. The van der Waals surface area contributed by atoms with E-state index in [1.54, 1.807) is 10.9 Å². The van der Waals surface area contributed by atoms with Gasteiger partial charge in [-0.15, -0.1) is 7.53 Å². The first-order valence-electron chi connectivity index (χ1n) is 6.73. The highest BCUT2D eigenvalue weighted by molar-refractivity contribution is 7.48. The molecule has 0 aliphatic heterocycles. The summed E-state index contributed by atoms with van der Waals surface area (Å²) in [4.78, 5) is 0. The van der Waals surface area contributed by atoms with Crippen LogP contribution < -0.4 is 0 Å². The maximum absolute atomic E-state index is 2.42. The van der Waals surface area contributed by atoms with E-state index >= 15 is 0 Å². The molecule has 92 valence electrons. The molecule has 3 rings (SSSR count). The van der Waals surface area contributed by atoms with Crippen molar-refractivity contribution in [3.05, 3.63) is 58.6 Å². The Morgan fingerprint density at radius 1 is 1.11 bits per heavy atom. The molecule has 0 spiro atoms. The number of rotatable bonds is 3. The summed E-state index contributed by atoms with van der Waals surface area (Å²) >= 11 is 0. The van der Waals surface area contributed by atoms with Gasteiger partial charge in [-0.25, -0.2) is 0 Å². The predicted octanol–water partition coefficient (Wildman–Crippen LogP) is 5.65. The van der Waals surface area contributed by atoms with Crippen LogP contribution in [-0.4, -0.2) is 0 Å². The van der Waals surface area contributed by atoms with Gasteiger partial charge in [0, 0.05) is 5.92 Å². The molecule has 0 saturated carbocycles. The van der Waals surface area contributed by atoms with Gasteiger partial charge in [-0.05, 0) is 47.0 Å². The first kappa shape index (κ1) is 11.8. The van der Waals surface area contributed by atoms with E-state index in [1.807, 2.05) is 0 Å². The van der Waals surface area contributed by atoms with Crippen molar-refractivity contribution in [1.82, 2.24) is 0 Å². The summed E-state index contributed by atoms with van der Waals surface area (Å²) in [5, 5.41) is 1.58. The van der Waals surface area contributed by atoms with E-state index < -0.39 is 0 Å². The zero-order chi connectivity index (χ0) is 12.5. The van der Waals surface area contributed by atoms with E-state index in [0.29, 0.717) is 5.92 Å². The summed E-state index contributed by atoms with van der Waals surface area (Å²) in [5.74, 6) is 2.99. The van der Waals surface area contributed by atoms with Crippen LogP contribution in [0.2, 0.25) is 0 Å². The van der Waals surface area contributed by atoms with Crippen LogP contribution in [0.25, 0.3) is 11.6 Å². The van der Waals surface area contributed by atoms with Crippen molar-refractivity contribution < 1.29 is 0 Å². The van der Waals surface area contributed by atoms with Crippen LogP contribution in [0.1, 0.15) is 42.1 Å². The second kappa shape index (κ2) is 4.78. The maximum Gasteiger partial charge on any atom is 0.0105 e. The summed E-state index contributed by atoms with van der Waals surface area (Å²) < 4.78 is 0. The lowest BCUT2D eigenvalue weighted by atomic mass is 9.91. The largest absolute Gasteiger partial charge is 0.120 e. The van der Waals surface area contributed by atoms with Crippen molar-refractivity contribution in [3.8, 4) is 0 Å². The molecule has 0 amide bonds. The molecule has 18 heavy (non-hydrogen) atoms. The second-order valence-electron chi connectivity index (χ2n) is 5.07. The van der Waals surface area contributed by atoms with Crippen molar-refractivity contribution in [3.63, 3.8) is 0 Å². The lowest BCUT2D eigenvalue weighted by Crippen LogP contribution is -1.97. The molecule has 1 heteroatoms. The van der Waals surface area contributed by atoms with E-state index in [0.717, 1.165) is 0 Å². The van der Waals surface area contributed by atoms with Crippen LogP contribution in [0.4, 0.5) is 0 Å². The first-order valence-corrected chi connectivity index (χ1v) is 8.59. The SMILES string of the molecule is CCCC1C(c2cccp2C)=Cc2ccccc21. The molecule has 1 aliphatic rings. The Morgan fingerprint density at radius 3 is 2.67 bits per heavy atom. The third-order valence-corrected chi connectivity index (χ3v) is 5.66. The predicted molar refractivity (Wildman–Crippen MR) is 82.1 cm³/mol. The van der Waals surface area contributed by atoms with Gasteiger partial charge in [0.1, 0.15) is 0 Å². The van der Waals surface area contributed by atoms with Gasteiger partial charge in [-0.3, -0.25) is 0 Å². The Bertz CT molecular complexity index is 589. The van der Waals surface area contributed by atoms with Gasteiger partial charge in [-0.2, -0.15) is 0 Å². The molecule has 0 N–H and O–H groups in total. The third kappa shape index (κ3) is 1.85. The summed E-state index contributed by atoms with van der Waals surface area (Å²) in [7, 11) is -0.0671. The van der Waals surface area contributed by atoms with Crippen LogP contribution in [0, 0.1) is 0 Å². The molecule has 1 aromatic carbocycles. The molecule has 0 fully saturated rings. The molecule has 0 nitrogen and oxygen atoms in total. The standard InChI is InChI=1S/C17H19P/c1-3-7-15-14-9-5-4-8-13(14)12-16(15)17-10-6-11-18(17)2/h4-6,8-12,15H,3,7H2,1-2H3. The Kier molecular flexibility index (Phi) is 3.14. The average Bonchev–Trinajstić information content (AvgIpc) is 2.94. The molecule has 1 heterocycles. The Hall–Kier alpha value is -1.26. The van der Waals surface area contributed by atoms with Crippen LogP contribution in [0.15, 0.2) is 42.2 Å². The van der Waals surface area contributed by atoms with E-state index in [9.17, 15) is 0 Å². The minimum Gasteiger partial charge on any atom is -0.120 e. The van der Waals surface area contributed by atoms with E-state index in [-0.39, 0.29) is 7.53 Å². The number of benzene rings is 1. The fraction of sp³-hybridized carbons (Fsp3) is 0.294. The van der Waals surface area contributed by atoms with Crippen molar-refractivity contribution in [1.29, 1.82) is 0 Å². The molecule has 1 aliphatic carbocycles. The number of fused-ring (bicyclic) bond motifs is 1. The van der Waals surface area contributed by atoms with Gasteiger partial charge < -0.3 is 0 Å². The Balaban J connectivity index is 2.08. The Morgan fingerprint density at radius 2 is 1.94 bits per heavy atom. The fourth-order valence-corrected chi connectivity index (χ4v) is 4.46. The lowest BCUT2D eigenvalue weighted by Gasteiger charge is -2.16. The first-order chi connectivity index (χ1) is 8.81. The van der Waals surface area contributed by atoms with Crippen molar-refractivity contribution in [2.24, 2.45) is 6.66 Å². The molecular weight excluding hydrogens is 235 g/mol. The average molecular weight is 254 g/mol. The van der Waals surface area contributed by atoms with Crippen molar-refractivity contribution >= 4 is 19.2 Å². The number of hydrogen-bond donors (Lipinski definition) is 0. The molecule has 2 aromatic rings. The van der Waals surface area contributed by atoms with E-state index in [2.05, 4.69) is 61.9 Å². The quantitative estimate of drug-likeness (QED) is 0.664. The van der Waals surface area contributed by atoms with Gasteiger partial charge in [0.2, 0.25) is 0 Å². The van der Waals surface area contributed by atoms with Gasteiger partial charge in [0.25, 0.3) is 0 Å². The van der Waals surface area contributed by atoms with Crippen LogP contribution in [0.5, 0.6) is 0 Å². The summed E-state index contributed by atoms with van der Waals surface area (Å²) in [6.45, 7) is 4.64. The maximum atomic E-state index is 2.42. The highest BCUT2D eigenvalue weighted by Gasteiger charge is 2.25. The summed E-state index contributed by atoms with van der Waals surface area (Å²) in [6, 6.07) is 13.4. The Labute approximate surface area is 110 Å². The topological polar surface area (TPSA) is 0 Å². The lowest BCUT2D eigenvalue weighted by molar-refractivity contribution is 0.738. The van der Waals surface area contributed by atoms with Crippen molar-refractivity contribution in [2.75, 3.05) is 0 Å². The monoisotopic (exact) mass is 254 g/mol. The van der Waals surface area contributed by atoms with E-state index in [1.165, 1.54) is 24.0 Å². The molecule has 0 radical (unpaired) electrons. The van der Waals surface area contributed by atoms with Crippen LogP contribution in [0.3, 0.4) is 0 Å². The van der Waals surface area contributed by atoms with Crippen LogP contribution in [-0.2, 0) is 6.66 Å². The molecule has 2 unspecified atom stereocenters. The van der Waals surface area contributed by atoms with E-state index in [4.69, 9.17) is 0 Å². The second-order valence-corrected chi connectivity index (χ2v) is 7.08. The number of aryl methyl sites for hydroxylation is 1. The van der Waals surface area contributed by atoms with Gasteiger partial charge in [-0.1, -0.05) is 49.7 Å². The van der Waals surface area contributed by atoms with Gasteiger partial charge >= 0.3 is 0 Å². The number of hydrogen-bond acceptors (Lipinski definition) is 0. The normalized spacial score (nSPS) is 18.7. The van der Waals surface area contributed by atoms with Crippen molar-refractivity contribution in [2.45, 2.75) is 25.7 Å². The minimum absolute atomic E-state index is 0.0671. The molecule has 1 aromatic heterocycles. The van der Waals surface area contributed by atoms with Gasteiger partial charge in [0.05, 0.1) is 0 Å². The molecular formula is C17H19P. The van der Waals surface area contributed by atoms with Crippen LogP contribution >= 0.6 is 7.53 Å². The number of allylic oxidation sites excluding steroid dienone is 1. The minimum atomic E-state index is -0.0671. The highest BCUT2D eigenvalue weighted by atomic mass is 31.1. The molecule has 2 atom stereocenters.